The summed E-state index contributed by atoms with van der Waals surface area (Å²) in [5, 5.41) is 9.37. The minimum Gasteiger partial charge on any atom is -0.493 e. The Balaban J connectivity index is 1.43. The highest BCUT2D eigenvalue weighted by molar-refractivity contribution is 5.89. The molecule has 2 aromatic rings. The van der Waals surface area contributed by atoms with Gasteiger partial charge in [0.05, 0.1) is 38.9 Å². The van der Waals surface area contributed by atoms with Crippen LogP contribution in [-0.4, -0.2) is 70.1 Å². The molecule has 2 aromatic carbocycles. The Labute approximate surface area is 207 Å². The van der Waals surface area contributed by atoms with Gasteiger partial charge in [-0.3, -0.25) is 9.80 Å². The van der Waals surface area contributed by atoms with E-state index in [1.807, 2.05) is 36.4 Å². The fraction of sp³-hybridized carbons (Fsp3) is 0.481. The minimum absolute atomic E-state index is 0.302. The van der Waals surface area contributed by atoms with Gasteiger partial charge in [0.25, 0.3) is 0 Å². The van der Waals surface area contributed by atoms with Crippen LogP contribution in [0.4, 0.5) is 16.2 Å². The van der Waals surface area contributed by atoms with Crippen molar-refractivity contribution in [2.45, 2.75) is 26.3 Å². The van der Waals surface area contributed by atoms with E-state index >= 15 is 0 Å². The lowest BCUT2D eigenvalue weighted by atomic mass is 10.1. The molecule has 4 rings (SSSR count). The van der Waals surface area contributed by atoms with Crippen LogP contribution in [0.2, 0.25) is 0 Å². The van der Waals surface area contributed by atoms with Crippen molar-refractivity contribution >= 4 is 17.5 Å². The van der Waals surface area contributed by atoms with E-state index in [9.17, 15) is 10.1 Å². The Morgan fingerprint density at radius 2 is 1.97 bits per heavy atom. The van der Waals surface area contributed by atoms with Crippen LogP contribution in [0, 0.1) is 11.3 Å². The molecular weight excluding hydrogens is 444 g/mol. The smallest absolute Gasteiger partial charge is 0.414 e. The monoisotopic (exact) mass is 478 g/mol. The number of anilines is 2. The Hall–Kier alpha value is -3.28. The zero-order valence-corrected chi connectivity index (χ0v) is 20.4. The van der Waals surface area contributed by atoms with E-state index in [4.69, 9.17) is 14.2 Å². The van der Waals surface area contributed by atoms with Gasteiger partial charge in [0.2, 0.25) is 0 Å². The van der Waals surface area contributed by atoms with E-state index in [2.05, 4.69) is 28.9 Å². The van der Waals surface area contributed by atoms with Gasteiger partial charge in [0.15, 0.2) is 0 Å². The summed E-state index contributed by atoms with van der Waals surface area (Å²) in [6.45, 7) is 9.76. The average molecular weight is 479 g/mol. The lowest BCUT2D eigenvalue weighted by Gasteiger charge is -2.27. The summed E-state index contributed by atoms with van der Waals surface area (Å²) in [6.07, 6.45) is 0.991. The number of ether oxygens (including phenoxy) is 3. The molecule has 0 bridgehead atoms. The van der Waals surface area contributed by atoms with Crippen LogP contribution in [0.15, 0.2) is 42.5 Å². The lowest BCUT2D eigenvalue weighted by molar-refractivity contribution is 0.0358. The van der Waals surface area contributed by atoms with Gasteiger partial charge in [-0.1, -0.05) is 18.2 Å². The standard InChI is InChI=1S/C27H34N4O4/c1-2-30(21-22-5-3-6-24(19-22)31-14-18-35-27(31)32)26-20-25(8-7-23(26)9-10-28)34-15-4-11-29-12-16-33-17-13-29/h3,5-8,19-20H,2,4,9,11-18,21H2,1H3. The molecule has 8 heteroatoms. The highest BCUT2D eigenvalue weighted by Crippen LogP contribution is 2.29. The molecule has 2 heterocycles. The van der Waals surface area contributed by atoms with Crippen LogP contribution in [0.5, 0.6) is 5.75 Å². The van der Waals surface area contributed by atoms with Crippen molar-refractivity contribution in [2.75, 3.05) is 69.0 Å². The Morgan fingerprint density at radius 3 is 2.71 bits per heavy atom. The molecule has 0 N–H and O–H groups in total. The molecule has 186 valence electrons. The third-order valence-electron chi connectivity index (χ3n) is 6.40. The molecule has 2 saturated heterocycles. The van der Waals surface area contributed by atoms with Crippen LogP contribution < -0.4 is 14.5 Å². The van der Waals surface area contributed by atoms with Crippen LogP contribution >= 0.6 is 0 Å². The molecule has 0 atom stereocenters. The second-order valence-corrected chi connectivity index (χ2v) is 8.73. The van der Waals surface area contributed by atoms with Crippen LogP contribution in [-0.2, 0) is 22.4 Å². The number of morpholine rings is 1. The summed E-state index contributed by atoms with van der Waals surface area (Å²) >= 11 is 0. The summed E-state index contributed by atoms with van der Waals surface area (Å²) < 4.78 is 16.6. The van der Waals surface area contributed by atoms with E-state index in [1.54, 1.807) is 4.90 Å². The number of hydrogen-bond acceptors (Lipinski definition) is 7. The Kier molecular flexibility index (Phi) is 8.82. The first kappa shape index (κ1) is 24.8. The van der Waals surface area contributed by atoms with Gasteiger partial charge >= 0.3 is 6.09 Å². The summed E-state index contributed by atoms with van der Waals surface area (Å²) in [5.41, 5.74) is 3.92. The summed E-state index contributed by atoms with van der Waals surface area (Å²) in [4.78, 5) is 18.3. The van der Waals surface area contributed by atoms with E-state index < -0.39 is 0 Å². The zero-order valence-electron chi connectivity index (χ0n) is 20.4. The van der Waals surface area contributed by atoms with Crippen molar-refractivity contribution in [1.29, 1.82) is 5.26 Å². The molecule has 8 nitrogen and oxygen atoms in total. The molecule has 1 amide bonds. The van der Waals surface area contributed by atoms with E-state index in [-0.39, 0.29) is 6.09 Å². The summed E-state index contributed by atoms with van der Waals surface area (Å²) in [6, 6.07) is 16.3. The maximum atomic E-state index is 12.0. The fourth-order valence-corrected chi connectivity index (χ4v) is 4.50. The maximum Gasteiger partial charge on any atom is 0.414 e. The van der Waals surface area contributed by atoms with Gasteiger partial charge in [-0.05, 0) is 42.7 Å². The Morgan fingerprint density at radius 1 is 1.11 bits per heavy atom. The number of nitriles is 1. The Bertz CT molecular complexity index is 1030. The number of nitrogens with zero attached hydrogens (tertiary/aromatic N) is 4. The van der Waals surface area contributed by atoms with Crippen LogP contribution in [0.3, 0.4) is 0 Å². The van der Waals surface area contributed by atoms with Crippen molar-refractivity contribution in [1.82, 2.24) is 4.90 Å². The number of carbonyl (C=O) groups is 1. The van der Waals surface area contributed by atoms with Gasteiger partial charge in [-0.2, -0.15) is 5.26 Å². The van der Waals surface area contributed by atoms with Crippen molar-refractivity contribution in [3.63, 3.8) is 0 Å². The van der Waals surface area contributed by atoms with Crippen molar-refractivity contribution in [3.8, 4) is 11.8 Å². The second-order valence-electron chi connectivity index (χ2n) is 8.73. The largest absolute Gasteiger partial charge is 0.493 e. The maximum absolute atomic E-state index is 12.0. The topological polar surface area (TPSA) is 78.3 Å². The first-order valence-electron chi connectivity index (χ1n) is 12.4. The third-order valence-corrected chi connectivity index (χ3v) is 6.40. The highest BCUT2D eigenvalue weighted by Gasteiger charge is 2.23. The normalized spacial score (nSPS) is 16.1. The number of cyclic esters (lactones) is 1. The number of benzene rings is 2. The molecule has 2 fully saturated rings. The van der Waals surface area contributed by atoms with E-state index in [0.717, 1.165) is 74.1 Å². The molecular formula is C27H34N4O4. The first-order valence-corrected chi connectivity index (χ1v) is 12.4. The molecule has 35 heavy (non-hydrogen) atoms. The predicted molar refractivity (Wildman–Crippen MR) is 135 cm³/mol. The number of hydrogen-bond donors (Lipinski definition) is 0. The van der Waals surface area contributed by atoms with Gasteiger partial charge in [0.1, 0.15) is 12.4 Å². The summed E-state index contributed by atoms with van der Waals surface area (Å²) in [5.74, 6) is 0.815. The minimum atomic E-state index is -0.302. The number of rotatable bonds is 11. The van der Waals surface area contributed by atoms with Gasteiger partial charge in [-0.15, -0.1) is 0 Å². The third kappa shape index (κ3) is 6.65. The van der Waals surface area contributed by atoms with Gasteiger partial charge in [0, 0.05) is 50.2 Å². The van der Waals surface area contributed by atoms with Gasteiger partial charge < -0.3 is 19.1 Å². The molecule has 0 aromatic heterocycles. The van der Waals surface area contributed by atoms with Crippen molar-refractivity contribution in [2.24, 2.45) is 0 Å². The molecule has 0 saturated carbocycles. The quantitative estimate of drug-likeness (QED) is 0.454. The highest BCUT2D eigenvalue weighted by atomic mass is 16.6. The van der Waals surface area contributed by atoms with Gasteiger partial charge in [-0.25, -0.2) is 4.79 Å². The first-order chi connectivity index (χ1) is 17.2. The predicted octanol–water partition coefficient (Wildman–Crippen LogP) is 3.84. The molecule has 0 spiro atoms. The molecule has 2 aliphatic heterocycles. The lowest BCUT2D eigenvalue weighted by Crippen LogP contribution is -2.37. The number of carbonyl (C=O) groups excluding carboxylic acids is 1. The van der Waals surface area contributed by atoms with Crippen molar-refractivity contribution < 1.29 is 19.0 Å². The zero-order chi connectivity index (χ0) is 24.5. The second kappa shape index (κ2) is 12.4. The van der Waals surface area contributed by atoms with Crippen LogP contribution in [0.1, 0.15) is 24.5 Å². The van der Waals surface area contributed by atoms with Crippen molar-refractivity contribution in [3.05, 3.63) is 53.6 Å². The number of amides is 1. The van der Waals surface area contributed by atoms with E-state index in [1.165, 1.54) is 0 Å². The van der Waals surface area contributed by atoms with E-state index in [0.29, 0.717) is 32.7 Å². The molecule has 0 radical (unpaired) electrons. The average Bonchev–Trinajstić information content (AvgIpc) is 3.33. The molecule has 0 aliphatic carbocycles. The molecule has 0 unspecified atom stereocenters. The van der Waals surface area contributed by atoms with Crippen LogP contribution in [0.25, 0.3) is 0 Å². The summed E-state index contributed by atoms with van der Waals surface area (Å²) in [7, 11) is 0. The molecule has 2 aliphatic rings. The fourth-order valence-electron chi connectivity index (χ4n) is 4.50. The SMILES string of the molecule is CCN(Cc1cccc(N2CCOC2=O)c1)c1cc(OCCCN2CCOCC2)ccc1CC#N.